The van der Waals surface area contributed by atoms with E-state index in [2.05, 4.69) is 22.6 Å². The lowest BCUT2D eigenvalue weighted by molar-refractivity contribution is 0.0723. The lowest BCUT2D eigenvalue weighted by Gasteiger charge is -2.25. The minimum absolute atomic E-state index is 0.0755. The van der Waals surface area contributed by atoms with Gasteiger partial charge in [0.2, 0.25) is 10.0 Å². The van der Waals surface area contributed by atoms with E-state index < -0.39 is 16.0 Å². The zero-order valence-corrected chi connectivity index (χ0v) is 16.5. The maximum Gasteiger partial charge on any atom is 0.360 e. The van der Waals surface area contributed by atoms with E-state index in [0.29, 0.717) is 32.1 Å². The predicted molar refractivity (Wildman–Crippen MR) is 99.1 cm³/mol. The summed E-state index contributed by atoms with van der Waals surface area (Å²) < 4.78 is 39.7. The third kappa shape index (κ3) is 4.05. The van der Waals surface area contributed by atoms with Crippen LogP contribution >= 0.6 is 22.6 Å². The van der Waals surface area contributed by atoms with Crippen molar-refractivity contribution in [3.63, 3.8) is 0 Å². The number of aromatic nitrogens is 1. The molecular weight excluding hydrogens is 459 g/mol. The third-order valence-electron chi connectivity index (χ3n) is 3.80. The van der Waals surface area contributed by atoms with Gasteiger partial charge >= 0.3 is 5.97 Å². The second kappa shape index (κ2) is 7.44. The molecule has 0 atom stereocenters. The molecule has 2 heterocycles. The average Bonchev–Trinajstić information content (AvgIpc) is 2.98. The Kier molecular flexibility index (Phi) is 5.46. The van der Waals surface area contributed by atoms with Crippen molar-refractivity contribution < 1.29 is 22.7 Å². The maximum atomic E-state index is 12.7. The Bertz CT molecular complexity index is 888. The Morgan fingerprint density at radius 1 is 1.24 bits per heavy atom. The number of halogens is 1. The summed E-state index contributed by atoms with van der Waals surface area (Å²) in [6.45, 7) is 1.35. The van der Waals surface area contributed by atoms with Crippen molar-refractivity contribution >= 4 is 38.6 Å². The van der Waals surface area contributed by atoms with Crippen LogP contribution in [-0.4, -0.2) is 49.6 Å². The van der Waals surface area contributed by atoms with Crippen LogP contribution in [0.2, 0.25) is 0 Å². The summed E-state index contributed by atoms with van der Waals surface area (Å²) in [5.74, 6) is -0.191. The highest BCUT2D eigenvalue weighted by molar-refractivity contribution is 14.1. The van der Waals surface area contributed by atoms with Gasteiger partial charge in [0.15, 0.2) is 0 Å². The number of carbonyl (C=O) groups excluding carboxylic acids is 1. The lowest BCUT2D eigenvalue weighted by atomic mass is 10.3. The standard InChI is InChI=1S/C16H17IN2O5S/c1-18-11-14(25(21,22)19-5-7-23-8-6-19)10-15(18)16(20)24-13-4-2-3-12(17)9-13/h2-4,9-11H,5-8H2,1H3. The largest absolute Gasteiger partial charge is 0.422 e. The summed E-state index contributed by atoms with van der Waals surface area (Å²) in [6, 6.07) is 8.42. The van der Waals surface area contributed by atoms with Crippen LogP contribution in [0.25, 0.3) is 0 Å². The van der Waals surface area contributed by atoms with Gasteiger partial charge in [0.1, 0.15) is 16.3 Å². The van der Waals surface area contributed by atoms with Crippen LogP contribution in [0.1, 0.15) is 10.5 Å². The van der Waals surface area contributed by atoms with Gasteiger partial charge in [-0.2, -0.15) is 4.31 Å². The zero-order valence-electron chi connectivity index (χ0n) is 13.5. The van der Waals surface area contributed by atoms with Crippen molar-refractivity contribution in [3.05, 3.63) is 45.8 Å². The minimum atomic E-state index is -3.65. The Hall–Kier alpha value is -1.43. The van der Waals surface area contributed by atoms with Crippen molar-refractivity contribution in [2.24, 2.45) is 7.05 Å². The van der Waals surface area contributed by atoms with Crippen LogP contribution in [0.3, 0.4) is 0 Å². The van der Waals surface area contributed by atoms with Gasteiger partial charge in [0.05, 0.1) is 13.2 Å². The van der Waals surface area contributed by atoms with E-state index >= 15 is 0 Å². The van der Waals surface area contributed by atoms with Crippen LogP contribution in [0.4, 0.5) is 0 Å². The molecule has 3 rings (SSSR count). The molecule has 0 N–H and O–H groups in total. The smallest absolute Gasteiger partial charge is 0.360 e. The molecule has 134 valence electrons. The van der Waals surface area contributed by atoms with E-state index in [9.17, 15) is 13.2 Å². The molecule has 1 aliphatic rings. The number of benzene rings is 1. The number of carbonyl (C=O) groups is 1. The highest BCUT2D eigenvalue weighted by Gasteiger charge is 2.29. The molecular formula is C16H17IN2O5S. The molecule has 0 aliphatic carbocycles. The molecule has 7 nitrogen and oxygen atoms in total. The molecule has 9 heteroatoms. The number of nitrogens with zero attached hydrogens (tertiary/aromatic N) is 2. The molecule has 1 aromatic carbocycles. The van der Waals surface area contributed by atoms with Crippen molar-refractivity contribution in [2.75, 3.05) is 26.3 Å². The quantitative estimate of drug-likeness (QED) is 0.383. The molecule has 0 spiro atoms. The van der Waals surface area contributed by atoms with E-state index in [1.807, 2.05) is 6.07 Å². The first-order chi connectivity index (χ1) is 11.9. The number of rotatable bonds is 4. The Balaban J connectivity index is 1.83. The predicted octanol–water partition coefficient (Wildman–Crippen LogP) is 1.87. The first kappa shape index (κ1) is 18.4. The second-order valence-electron chi connectivity index (χ2n) is 5.54. The Morgan fingerprint density at radius 3 is 2.64 bits per heavy atom. The van der Waals surface area contributed by atoms with Gasteiger partial charge < -0.3 is 14.0 Å². The van der Waals surface area contributed by atoms with Crippen LogP contribution < -0.4 is 4.74 Å². The van der Waals surface area contributed by atoms with E-state index in [1.54, 1.807) is 25.2 Å². The van der Waals surface area contributed by atoms with Crippen molar-refractivity contribution in [1.82, 2.24) is 8.87 Å². The molecule has 0 amide bonds. The fourth-order valence-electron chi connectivity index (χ4n) is 2.50. The van der Waals surface area contributed by atoms with Gasteiger partial charge in [-0.1, -0.05) is 6.07 Å². The van der Waals surface area contributed by atoms with Gasteiger partial charge in [-0.3, -0.25) is 0 Å². The molecule has 1 aliphatic heterocycles. The molecule has 0 bridgehead atoms. The van der Waals surface area contributed by atoms with Gasteiger partial charge in [0, 0.05) is 29.9 Å². The van der Waals surface area contributed by atoms with E-state index in [-0.39, 0.29) is 10.6 Å². The summed E-state index contributed by atoms with van der Waals surface area (Å²) in [4.78, 5) is 12.5. The minimum Gasteiger partial charge on any atom is -0.422 e. The first-order valence-electron chi connectivity index (χ1n) is 7.60. The monoisotopic (exact) mass is 476 g/mol. The fraction of sp³-hybridized carbons (Fsp3) is 0.312. The Morgan fingerprint density at radius 2 is 1.96 bits per heavy atom. The van der Waals surface area contributed by atoms with Gasteiger partial charge in [-0.05, 0) is 46.9 Å². The van der Waals surface area contributed by atoms with Crippen LogP contribution in [0, 0.1) is 3.57 Å². The number of aryl methyl sites for hydroxylation is 1. The summed E-state index contributed by atoms with van der Waals surface area (Å²) in [7, 11) is -2.04. The first-order valence-corrected chi connectivity index (χ1v) is 10.1. The molecule has 1 saturated heterocycles. The zero-order chi connectivity index (χ0) is 18.0. The fourth-order valence-corrected chi connectivity index (χ4v) is 4.50. The van der Waals surface area contributed by atoms with Gasteiger partial charge in [0.25, 0.3) is 0 Å². The lowest BCUT2D eigenvalue weighted by Crippen LogP contribution is -2.40. The number of hydrogen-bond acceptors (Lipinski definition) is 5. The molecule has 0 saturated carbocycles. The van der Waals surface area contributed by atoms with E-state index in [0.717, 1.165) is 3.57 Å². The second-order valence-corrected chi connectivity index (χ2v) is 8.72. The summed E-state index contributed by atoms with van der Waals surface area (Å²) in [5, 5.41) is 0. The Labute approximate surface area is 159 Å². The van der Waals surface area contributed by atoms with Crippen molar-refractivity contribution in [1.29, 1.82) is 0 Å². The number of morpholine rings is 1. The molecule has 1 fully saturated rings. The molecule has 0 unspecified atom stereocenters. The van der Waals surface area contributed by atoms with E-state index in [1.165, 1.54) is 21.1 Å². The van der Waals surface area contributed by atoms with Gasteiger partial charge in [-0.25, -0.2) is 13.2 Å². The van der Waals surface area contributed by atoms with Gasteiger partial charge in [-0.15, -0.1) is 0 Å². The normalized spacial score (nSPS) is 15.9. The molecule has 25 heavy (non-hydrogen) atoms. The number of sulfonamides is 1. The SMILES string of the molecule is Cn1cc(S(=O)(=O)N2CCOCC2)cc1C(=O)Oc1cccc(I)c1. The summed E-state index contributed by atoms with van der Waals surface area (Å²) in [5.41, 5.74) is 0.172. The highest BCUT2D eigenvalue weighted by Crippen LogP contribution is 2.21. The average molecular weight is 476 g/mol. The number of ether oxygens (including phenoxy) is 2. The summed E-state index contributed by atoms with van der Waals surface area (Å²) >= 11 is 2.12. The van der Waals surface area contributed by atoms with E-state index in [4.69, 9.17) is 9.47 Å². The van der Waals surface area contributed by atoms with Crippen molar-refractivity contribution in [3.8, 4) is 5.75 Å². The molecule has 2 aromatic rings. The molecule has 1 aromatic heterocycles. The topological polar surface area (TPSA) is 77.8 Å². The van der Waals surface area contributed by atoms with Crippen LogP contribution in [0.15, 0.2) is 41.4 Å². The number of hydrogen-bond donors (Lipinski definition) is 0. The molecule has 0 radical (unpaired) electrons. The summed E-state index contributed by atoms with van der Waals surface area (Å²) in [6.07, 6.45) is 1.43. The third-order valence-corrected chi connectivity index (χ3v) is 6.34. The van der Waals surface area contributed by atoms with Crippen molar-refractivity contribution in [2.45, 2.75) is 4.90 Å². The van der Waals surface area contributed by atoms with Crippen LogP contribution in [0.5, 0.6) is 5.75 Å². The highest BCUT2D eigenvalue weighted by atomic mass is 127. The van der Waals surface area contributed by atoms with Crippen LogP contribution in [-0.2, 0) is 21.8 Å². The maximum absolute atomic E-state index is 12.7. The number of esters is 1.